The molecule has 0 aliphatic heterocycles. The highest BCUT2D eigenvalue weighted by molar-refractivity contribution is 5.32. The van der Waals surface area contributed by atoms with Gasteiger partial charge in [-0.15, -0.1) is 5.10 Å². The van der Waals surface area contributed by atoms with Crippen LogP contribution < -0.4 is 5.73 Å². The molecule has 4 nitrogen and oxygen atoms in total. The summed E-state index contributed by atoms with van der Waals surface area (Å²) in [6.07, 6.45) is 2.34. The third-order valence-electron chi connectivity index (χ3n) is 4.19. The Balaban J connectivity index is 1.80. The Morgan fingerprint density at radius 3 is 2.52 bits per heavy atom. The van der Waals surface area contributed by atoms with E-state index in [1.807, 2.05) is 30.3 Å². The zero-order chi connectivity index (χ0) is 14.9. The van der Waals surface area contributed by atoms with Crippen molar-refractivity contribution in [3.05, 3.63) is 42.2 Å². The number of nitrogens with two attached hydrogens (primary N) is 1. The van der Waals surface area contributed by atoms with Gasteiger partial charge in [-0.3, -0.25) is 0 Å². The molecule has 1 aromatic carbocycles. The molecule has 2 N–H and O–H groups in total. The fraction of sp³-hybridized carbons (Fsp3) is 0.467. The van der Waals surface area contributed by atoms with Gasteiger partial charge in [0.1, 0.15) is 0 Å². The molecule has 0 spiro atoms. The maximum absolute atomic E-state index is 13.3. The average Bonchev–Trinajstić information content (AvgIpc) is 2.97. The highest BCUT2D eigenvalue weighted by Crippen LogP contribution is 2.40. The molecule has 1 aliphatic carbocycles. The maximum atomic E-state index is 13.3. The van der Waals surface area contributed by atoms with Gasteiger partial charge in [-0.25, -0.2) is 13.5 Å². The van der Waals surface area contributed by atoms with Gasteiger partial charge in [0, 0.05) is 12.8 Å². The minimum Gasteiger partial charge on any atom is -0.322 e. The fourth-order valence-electron chi connectivity index (χ4n) is 2.90. The standard InChI is InChI=1S/C15H18F2N4/c16-15(17)8-6-11(7-9-15)14(18)13-10-19-20-21(13)12-4-2-1-3-5-12/h1-5,10-11,14H,6-9,18H2. The van der Waals surface area contributed by atoms with E-state index >= 15 is 0 Å². The number of hydrogen-bond donors (Lipinski definition) is 1. The molecule has 112 valence electrons. The number of alkyl halides is 2. The Morgan fingerprint density at radius 1 is 1.19 bits per heavy atom. The predicted octanol–water partition coefficient (Wildman–Crippen LogP) is 3.09. The van der Waals surface area contributed by atoms with E-state index in [0.29, 0.717) is 12.8 Å². The largest absolute Gasteiger partial charge is 0.322 e. The molecule has 1 saturated carbocycles. The van der Waals surface area contributed by atoms with Gasteiger partial charge < -0.3 is 5.73 Å². The van der Waals surface area contributed by atoms with E-state index in [4.69, 9.17) is 5.73 Å². The normalized spacial score (nSPS) is 20.3. The smallest absolute Gasteiger partial charge is 0.248 e. The van der Waals surface area contributed by atoms with Crippen molar-refractivity contribution < 1.29 is 8.78 Å². The second kappa shape index (κ2) is 5.52. The maximum Gasteiger partial charge on any atom is 0.248 e. The number of benzene rings is 1. The molecule has 1 atom stereocenters. The Hall–Kier alpha value is -1.82. The number of para-hydroxylation sites is 1. The lowest BCUT2D eigenvalue weighted by Gasteiger charge is -2.31. The van der Waals surface area contributed by atoms with Gasteiger partial charge in [0.2, 0.25) is 5.92 Å². The van der Waals surface area contributed by atoms with Crippen LogP contribution in [0.1, 0.15) is 37.4 Å². The van der Waals surface area contributed by atoms with E-state index in [1.165, 1.54) is 0 Å². The van der Waals surface area contributed by atoms with Crippen LogP contribution in [0.3, 0.4) is 0 Å². The zero-order valence-electron chi connectivity index (χ0n) is 11.6. The summed E-state index contributed by atoms with van der Waals surface area (Å²) in [5, 5.41) is 8.00. The van der Waals surface area contributed by atoms with Crippen molar-refractivity contribution in [1.82, 2.24) is 15.0 Å². The van der Waals surface area contributed by atoms with E-state index in [1.54, 1.807) is 10.9 Å². The molecule has 1 unspecified atom stereocenters. The fourth-order valence-corrected chi connectivity index (χ4v) is 2.90. The van der Waals surface area contributed by atoms with E-state index in [9.17, 15) is 8.78 Å². The Kier molecular flexibility index (Phi) is 3.71. The summed E-state index contributed by atoms with van der Waals surface area (Å²) in [4.78, 5) is 0. The molecule has 1 aromatic heterocycles. The molecule has 0 bridgehead atoms. The molecule has 2 aromatic rings. The van der Waals surface area contributed by atoms with Crippen LogP contribution >= 0.6 is 0 Å². The molecule has 1 heterocycles. The molecular weight excluding hydrogens is 274 g/mol. The molecule has 0 amide bonds. The predicted molar refractivity (Wildman–Crippen MR) is 75.2 cm³/mol. The quantitative estimate of drug-likeness (QED) is 0.945. The SMILES string of the molecule is NC(c1cnnn1-c1ccccc1)C1CCC(F)(F)CC1. The van der Waals surface area contributed by atoms with Crippen LogP contribution in [0.4, 0.5) is 8.78 Å². The number of halogens is 2. The van der Waals surface area contributed by atoms with Crippen LogP contribution in [0, 0.1) is 5.92 Å². The number of nitrogens with zero attached hydrogens (tertiary/aromatic N) is 3. The van der Waals surface area contributed by atoms with Gasteiger partial charge in [0.25, 0.3) is 0 Å². The van der Waals surface area contributed by atoms with E-state index in [0.717, 1.165) is 11.4 Å². The van der Waals surface area contributed by atoms with Gasteiger partial charge in [-0.1, -0.05) is 23.4 Å². The van der Waals surface area contributed by atoms with Crippen LogP contribution in [0.2, 0.25) is 0 Å². The molecule has 1 fully saturated rings. The lowest BCUT2D eigenvalue weighted by Crippen LogP contribution is -2.32. The average molecular weight is 292 g/mol. The Labute approximate surface area is 122 Å². The van der Waals surface area contributed by atoms with Crippen LogP contribution in [-0.2, 0) is 0 Å². The summed E-state index contributed by atoms with van der Waals surface area (Å²) in [5.41, 5.74) is 7.95. The molecule has 1 aliphatic rings. The number of hydrogen-bond acceptors (Lipinski definition) is 3. The summed E-state index contributed by atoms with van der Waals surface area (Å²) in [7, 11) is 0. The Morgan fingerprint density at radius 2 is 1.86 bits per heavy atom. The van der Waals surface area contributed by atoms with Crippen molar-refractivity contribution in [3.8, 4) is 5.69 Å². The molecule has 0 radical (unpaired) electrons. The highest BCUT2D eigenvalue weighted by atomic mass is 19.3. The van der Waals surface area contributed by atoms with Crippen molar-refractivity contribution >= 4 is 0 Å². The second-order valence-corrected chi connectivity index (χ2v) is 5.63. The van der Waals surface area contributed by atoms with E-state index in [2.05, 4.69) is 10.3 Å². The highest BCUT2D eigenvalue weighted by Gasteiger charge is 2.37. The van der Waals surface area contributed by atoms with Gasteiger partial charge in [-0.2, -0.15) is 0 Å². The summed E-state index contributed by atoms with van der Waals surface area (Å²) in [6, 6.07) is 9.25. The first-order valence-electron chi connectivity index (χ1n) is 7.16. The van der Waals surface area contributed by atoms with Gasteiger partial charge >= 0.3 is 0 Å². The molecule has 3 rings (SSSR count). The second-order valence-electron chi connectivity index (χ2n) is 5.63. The van der Waals surface area contributed by atoms with E-state index < -0.39 is 5.92 Å². The van der Waals surface area contributed by atoms with Crippen LogP contribution in [0.5, 0.6) is 0 Å². The van der Waals surface area contributed by atoms with E-state index in [-0.39, 0.29) is 24.8 Å². The molecule has 21 heavy (non-hydrogen) atoms. The number of rotatable bonds is 3. The summed E-state index contributed by atoms with van der Waals surface area (Å²) in [5.74, 6) is -2.49. The first kappa shape index (κ1) is 14.1. The van der Waals surface area contributed by atoms with Crippen molar-refractivity contribution in [3.63, 3.8) is 0 Å². The summed E-state index contributed by atoms with van der Waals surface area (Å²) in [6.45, 7) is 0. The first-order chi connectivity index (χ1) is 10.1. The zero-order valence-corrected chi connectivity index (χ0v) is 11.6. The first-order valence-corrected chi connectivity index (χ1v) is 7.16. The van der Waals surface area contributed by atoms with Crippen molar-refractivity contribution in [1.29, 1.82) is 0 Å². The number of aromatic nitrogens is 3. The third kappa shape index (κ3) is 2.95. The summed E-state index contributed by atoms with van der Waals surface area (Å²) < 4.78 is 28.2. The summed E-state index contributed by atoms with van der Waals surface area (Å²) >= 11 is 0. The lowest BCUT2D eigenvalue weighted by molar-refractivity contribution is -0.0485. The van der Waals surface area contributed by atoms with Crippen LogP contribution in [0.15, 0.2) is 36.5 Å². The monoisotopic (exact) mass is 292 g/mol. The minimum absolute atomic E-state index is 0.0468. The lowest BCUT2D eigenvalue weighted by atomic mass is 9.81. The Bertz CT molecular complexity index is 587. The minimum atomic E-state index is -2.53. The van der Waals surface area contributed by atoms with Crippen LogP contribution in [0.25, 0.3) is 5.69 Å². The van der Waals surface area contributed by atoms with Crippen molar-refractivity contribution in [2.24, 2.45) is 11.7 Å². The van der Waals surface area contributed by atoms with Gasteiger partial charge in [-0.05, 0) is 30.9 Å². The molecule has 0 saturated heterocycles. The topological polar surface area (TPSA) is 56.7 Å². The van der Waals surface area contributed by atoms with Gasteiger partial charge in [0.15, 0.2) is 0 Å². The van der Waals surface area contributed by atoms with Crippen molar-refractivity contribution in [2.75, 3.05) is 0 Å². The van der Waals surface area contributed by atoms with Crippen LogP contribution in [-0.4, -0.2) is 20.9 Å². The van der Waals surface area contributed by atoms with Crippen molar-refractivity contribution in [2.45, 2.75) is 37.6 Å². The third-order valence-corrected chi connectivity index (χ3v) is 4.19. The molecule has 6 heteroatoms. The van der Waals surface area contributed by atoms with Gasteiger partial charge in [0.05, 0.1) is 23.6 Å². The molecular formula is C15H18F2N4.